The van der Waals surface area contributed by atoms with Gasteiger partial charge in [0.05, 0.1) is 30.6 Å². The molecule has 6 heteroatoms. The molecule has 3 aromatic rings. The summed E-state index contributed by atoms with van der Waals surface area (Å²) in [5.41, 5.74) is 3.27. The third kappa shape index (κ3) is 3.07. The third-order valence-electron chi connectivity index (χ3n) is 3.62. The molecule has 0 bridgehead atoms. The SMILES string of the molecule is COc1ccc2ncc(Nc3ccccn3)c(C(C)OC)c2n1. The number of rotatable bonds is 5. The van der Waals surface area contributed by atoms with Crippen LogP contribution in [0.3, 0.4) is 0 Å². The van der Waals surface area contributed by atoms with Gasteiger partial charge in [-0.25, -0.2) is 9.97 Å². The van der Waals surface area contributed by atoms with Crippen LogP contribution in [0.4, 0.5) is 11.5 Å². The number of pyridine rings is 3. The second kappa shape index (κ2) is 6.58. The van der Waals surface area contributed by atoms with E-state index in [-0.39, 0.29) is 6.10 Å². The van der Waals surface area contributed by atoms with E-state index in [0.717, 1.165) is 28.1 Å². The zero-order valence-electron chi connectivity index (χ0n) is 13.3. The highest BCUT2D eigenvalue weighted by atomic mass is 16.5. The number of nitrogens with one attached hydrogen (secondary N) is 1. The molecule has 1 unspecified atom stereocenters. The van der Waals surface area contributed by atoms with Gasteiger partial charge in [-0.15, -0.1) is 0 Å². The highest BCUT2D eigenvalue weighted by Crippen LogP contribution is 2.33. The van der Waals surface area contributed by atoms with Crippen LogP contribution in [-0.2, 0) is 4.74 Å². The Labute approximate surface area is 134 Å². The normalized spacial score (nSPS) is 12.1. The van der Waals surface area contributed by atoms with Crippen LogP contribution in [0.2, 0.25) is 0 Å². The van der Waals surface area contributed by atoms with Gasteiger partial charge in [0.15, 0.2) is 0 Å². The van der Waals surface area contributed by atoms with E-state index in [0.29, 0.717) is 5.88 Å². The first kappa shape index (κ1) is 15.2. The second-order valence-electron chi connectivity index (χ2n) is 5.02. The lowest BCUT2D eigenvalue weighted by atomic mass is 10.1. The summed E-state index contributed by atoms with van der Waals surface area (Å²) in [5, 5.41) is 3.28. The van der Waals surface area contributed by atoms with Crippen molar-refractivity contribution >= 4 is 22.5 Å². The molecule has 1 atom stereocenters. The fourth-order valence-electron chi connectivity index (χ4n) is 2.38. The molecule has 0 saturated heterocycles. The van der Waals surface area contributed by atoms with E-state index in [9.17, 15) is 0 Å². The summed E-state index contributed by atoms with van der Waals surface area (Å²) in [6.07, 6.45) is 3.35. The molecule has 6 nitrogen and oxygen atoms in total. The van der Waals surface area contributed by atoms with Crippen molar-refractivity contribution in [1.29, 1.82) is 0 Å². The number of aromatic nitrogens is 3. The number of ether oxygens (including phenoxy) is 2. The largest absolute Gasteiger partial charge is 0.481 e. The molecule has 0 amide bonds. The summed E-state index contributed by atoms with van der Waals surface area (Å²) in [6.45, 7) is 1.97. The molecule has 1 N–H and O–H groups in total. The molecule has 0 aliphatic heterocycles. The summed E-state index contributed by atoms with van der Waals surface area (Å²) in [6, 6.07) is 9.37. The maximum absolute atomic E-state index is 5.53. The fraction of sp³-hybridized carbons (Fsp3) is 0.235. The standard InChI is InChI=1S/C17H18N4O2/c1-11(22-2)16-13(20-14-6-4-5-9-18-14)10-19-12-7-8-15(23-3)21-17(12)16/h4-11H,1-3H3,(H,18,20). The molecular weight excluding hydrogens is 292 g/mol. The molecule has 3 aromatic heterocycles. The summed E-state index contributed by atoms with van der Waals surface area (Å²) < 4.78 is 10.8. The lowest BCUT2D eigenvalue weighted by Crippen LogP contribution is -2.06. The van der Waals surface area contributed by atoms with Crippen molar-refractivity contribution in [2.75, 3.05) is 19.5 Å². The number of anilines is 2. The van der Waals surface area contributed by atoms with Crippen LogP contribution < -0.4 is 10.1 Å². The van der Waals surface area contributed by atoms with E-state index in [1.165, 1.54) is 0 Å². The van der Waals surface area contributed by atoms with E-state index in [4.69, 9.17) is 9.47 Å². The number of methoxy groups -OCH3 is 2. The van der Waals surface area contributed by atoms with E-state index in [2.05, 4.69) is 20.3 Å². The third-order valence-corrected chi connectivity index (χ3v) is 3.62. The minimum Gasteiger partial charge on any atom is -0.481 e. The zero-order valence-corrected chi connectivity index (χ0v) is 13.3. The van der Waals surface area contributed by atoms with Crippen molar-refractivity contribution < 1.29 is 9.47 Å². The summed E-state index contributed by atoms with van der Waals surface area (Å²) in [4.78, 5) is 13.3. The Kier molecular flexibility index (Phi) is 4.34. The first-order valence-corrected chi connectivity index (χ1v) is 7.27. The Hall–Kier alpha value is -2.73. The van der Waals surface area contributed by atoms with Gasteiger partial charge >= 0.3 is 0 Å². The van der Waals surface area contributed by atoms with Crippen molar-refractivity contribution in [2.45, 2.75) is 13.0 Å². The first-order valence-electron chi connectivity index (χ1n) is 7.27. The quantitative estimate of drug-likeness (QED) is 0.778. The van der Waals surface area contributed by atoms with Crippen molar-refractivity contribution in [1.82, 2.24) is 15.0 Å². The van der Waals surface area contributed by atoms with E-state index >= 15 is 0 Å². The van der Waals surface area contributed by atoms with Gasteiger partial charge in [0.25, 0.3) is 0 Å². The molecule has 3 rings (SSSR count). The Morgan fingerprint density at radius 1 is 1.09 bits per heavy atom. The van der Waals surface area contributed by atoms with Crippen molar-refractivity contribution in [3.05, 3.63) is 48.3 Å². The van der Waals surface area contributed by atoms with Gasteiger partial charge in [-0.05, 0) is 25.1 Å². The van der Waals surface area contributed by atoms with Crippen LogP contribution in [0, 0.1) is 0 Å². The Morgan fingerprint density at radius 3 is 2.65 bits per heavy atom. The molecule has 0 fully saturated rings. The molecule has 0 saturated carbocycles. The molecule has 3 heterocycles. The Balaban J connectivity index is 2.16. The number of hydrogen-bond donors (Lipinski definition) is 1. The summed E-state index contributed by atoms with van der Waals surface area (Å²) >= 11 is 0. The molecule has 23 heavy (non-hydrogen) atoms. The predicted molar refractivity (Wildman–Crippen MR) is 89.0 cm³/mol. The minimum absolute atomic E-state index is 0.161. The van der Waals surface area contributed by atoms with Gasteiger partial charge < -0.3 is 14.8 Å². The van der Waals surface area contributed by atoms with Crippen molar-refractivity contribution in [3.63, 3.8) is 0 Å². The molecule has 0 spiro atoms. The van der Waals surface area contributed by atoms with Gasteiger partial charge in [0.2, 0.25) is 5.88 Å². The second-order valence-corrected chi connectivity index (χ2v) is 5.02. The monoisotopic (exact) mass is 310 g/mol. The van der Waals surface area contributed by atoms with Crippen LogP contribution in [0.15, 0.2) is 42.7 Å². The first-order chi connectivity index (χ1) is 11.2. The van der Waals surface area contributed by atoms with Crippen LogP contribution in [0.25, 0.3) is 11.0 Å². The minimum atomic E-state index is -0.161. The zero-order chi connectivity index (χ0) is 16.2. The van der Waals surface area contributed by atoms with Crippen LogP contribution >= 0.6 is 0 Å². The number of hydrogen-bond acceptors (Lipinski definition) is 6. The number of fused-ring (bicyclic) bond motifs is 1. The van der Waals surface area contributed by atoms with Crippen LogP contribution in [0.1, 0.15) is 18.6 Å². The molecule has 0 aliphatic carbocycles. The molecule has 0 aliphatic rings. The molecular formula is C17H18N4O2. The lowest BCUT2D eigenvalue weighted by Gasteiger charge is -2.18. The topological polar surface area (TPSA) is 69.2 Å². The maximum Gasteiger partial charge on any atom is 0.213 e. The predicted octanol–water partition coefficient (Wildman–Crippen LogP) is 3.48. The lowest BCUT2D eigenvalue weighted by molar-refractivity contribution is 0.121. The molecule has 0 radical (unpaired) electrons. The highest BCUT2D eigenvalue weighted by molar-refractivity contribution is 5.84. The highest BCUT2D eigenvalue weighted by Gasteiger charge is 2.17. The van der Waals surface area contributed by atoms with E-state index in [1.807, 2.05) is 31.2 Å². The van der Waals surface area contributed by atoms with E-state index in [1.54, 1.807) is 32.7 Å². The Bertz CT molecular complexity index is 808. The average molecular weight is 310 g/mol. The fourth-order valence-corrected chi connectivity index (χ4v) is 2.38. The molecule has 0 aromatic carbocycles. The Morgan fingerprint density at radius 2 is 1.96 bits per heavy atom. The van der Waals surface area contributed by atoms with E-state index < -0.39 is 0 Å². The van der Waals surface area contributed by atoms with Crippen LogP contribution in [0.5, 0.6) is 5.88 Å². The van der Waals surface area contributed by atoms with Gasteiger partial charge in [-0.3, -0.25) is 4.98 Å². The van der Waals surface area contributed by atoms with Gasteiger partial charge in [0.1, 0.15) is 11.3 Å². The molecule has 118 valence electrons. The van der Waals surface area contributed by atoms with Crippen molar-refractivity contribution in [3.8, 4) is 5.88 Å². The number of nitrogens with zero attached hydrogens (tertiary/aromatic N) is 3. The van der Waals surface area contributed by atoms with Gasteiger partial charge in [0, 0.05) is 24.9 Å². The van der Waals surface area contributed by atoms with Gasteiger partial charge in [-0.2, -0.15) is 0 Å². The summed E-state index contributed by atoms with van der Waals surface area (Å²) in [5.74, 6) is 1.28. The van der Waals surface area contributed by atoms with Crippen LogP contribution in [-0.4, -0.2) is 29.2 Å². The summed E-state index contributed by atoms with van der Waals surface area (Å²) in [7, 11) is 3.26. The smallest absolute Gasteiger partial charge is 0.213 e. The maximum atomic E-state index is 5.53. The van der Waals surface area contributed by atoms with Gasteiger partial charge in [-0.1, -0.05) is 6.07 Å². The van der Waals surface area contributed by atoms with Crippen molar-refractivity contribution in [2.24, 2.45) is 0 Å². The average Bonchev–Trinajstić information content (AvgIpc) is 2.61.